The quantitative estimate of drug-likeness (QED) is 0.614. The number of benzene rings is 1. The molecule has 8 nitrogen and oxygen atoms in total. The molecule has 0 N–H and O–H groups in total. The predicted molar refractivity (Wildman–Crippen MR) is 129 cm³/mol. The van der Waals surface area contributed by atoms with Crippen molar-refractivity contribution in [3.63, 3.8) is 0 Å². The van der Waals surface area contributed by atoms with Crippen molar-refractivity contribution in [1.29, 1.82) is 0 Å². The van der Waals surface area contributed by atoms with Crippen LogP contribution in [0.25, 0.3) is 0 Å². The van der Waals surface area contributed by atoms with E-state index in [9.17, 15) is 9.59 Å². The predicted octanol–water partition coefficient (Wildman–Crippen LogP) is 3.39. The van der Waals surface area contributed by atoms with Gasteiger partial charge in [0.15, 0.2) is 0 Å². The highest BCUT2D eigenvalue weighted by Gasteiger charge is 2.43. The molecule has 182 valence electrons. The van der Waals surface area contributed by atoms with Crippen molar-refractivity contribution in [2.24, 2.45) is 16.9 Å². The molecule has 0 bridgehead atoms. The Balaban J connectivity index is 1.35. The lowest BCUT2D eigenvalue weighted by Crippen LogP contribution is -2.55. The first-order valence-corrected chi connectivity index (χ1v) is 12.5. The summed E-state index contributed by atoms with van der Waals surface area (Å²) in [7, 11) is 1.59. The van der Waals surface area contributed by atoms with E-state index < -0.39 is 0 Å². The maximum absolute atomic E-state index is 13.5. The molecule has 3 amide bonds. The Labute approximate surface area is 205 Å². The number of allylic oxidation sites excluding steroid dienone is 2. The molecular weight excluding hydrogens is 456 g/mol. The van der Waals surface area contributed by atoms with Gasteiger partial charge in [0.25, 0.3) is 0 Å². The summed E-state index contributed by atoms with van der Waals surface area (Å²) < 4.78 is 10.7. The summed E-state index contributed by atoms with van der Waals surface area (Å²) in [6.45, 7) is 3.70. The van der Waals surface area contributed by atoms with Gasteiger partial charge in [0.1, 0.15) is 5.75 Å². The zero-order chi connectivity index (χ0) is 23.7. The Morgan fingerprint density at radius 1 is 1.06 bits per heavy atom. The maximum Gasteiger partial charge on any atom is 0.320 e. The molecule has 0 aromatic heterocycles. The second kappa shape index (κ2) is 9.96. The maximum atomic E-state index is 13.5. The Bertz CT molecular complexity index is 999. The van der Waals surface area contributed by atoms with Crippen molar-refractivity contribution in [3.8, 4) is 5.75 Å². The molecule has 3 heterocycles. The van der Waals surface area contributed by atoms with E-state index >= 15 is 0 Å². The molecule has 2 fully saturated rings. The summed E-state index contributed by atoms with van der Waals surface area (Å²) in [5.74, 6) is 0.635. The fourth-order valence-electron chi connectivity index (χ4n) is 5.41. The van der Waals surface area contributed by atoms with Crippen LogP contribution < -0.4 is 4.74 Å². The van der Waals surface area contributed by atoms with Gasteiger partial charge < -0.3 is 19.3 Å². The van der Waals surface area contributed by atoms with Crippen molar-refractivity contribution in [3.05, 3.63) is 40.9 Å². The average Bonchev–Trinajstić information content (AvgIpc) is 2.89. The molecule has 1 aromatic carbocycles. The van der Waals surface area contributed by atoms with Gasteiger partial charge in [-0.25, -0.2) is 9.80 Å². The van der Waals surface area contributed by atoms with Crippen molar-refractivity contribution in [2.75, 3.05) is 46.5 Å². The van der Waals surface area contributed by atoms with E-state index in [-0.39, 0.29) is 29.8 Å². The van der Waals surface area contributed by atoms with Gasteiger partial charge in [-0.15, -0.1) is 0 Å². The molecule has 4 aliphatic rings. The molecule has 2 atom stereocenters. The number of hydrazone groups is 1. The number of hydrogen-bond donors (Lipinski definition) is 0. The molecule has 34 heavy (non-hydrogen) atoms. The molecule has 0 saturated carbocycles. The van der Waals surface area contributed by atoms with Crippen LogP contribution in [0.5, 0.6) is 5.75 Å². The number of halogens is 1. The van der Waals surface area contributed by atoms with Crippen LogP contribution in [0.3, 0.4) is 0 Å². The summed E-state index contributed by atoms with van der Waals surface area (Å²) in [5, 5.41) is 7.18. The van der Waals surface area contributed by atoms with E-state index in [0.29, 0.717) is 50.2 Å². The standard InChI is InChI=1S/C25H31ClN4O4/c1-33-22-7-6-17(16-21(22)26)23-19-4-2-3-5-20(19)24(31)30(27-23)18-8-10-28(11-9-18)25(32)29-12-14-34-15-13-29/h2-3,6-7,16,18-20H,4-5,8-15H2,1H3/t19-,20+/m0/s1. The minimum absolute atomic E-state index is 0.0168. The molecule has 1 aromatic rings. The Morgan fingerprint density at radius 3 is 2.41 bits per heavy atom. The SMILES string of the molecule is COc1ccc(C2=NN(C3CCN(C(=O)N4CCOCC4)CC3)C(=O)[C@@H]3CC=CC[C@H]23)cc1Cl. The van der Waals surface area contributed by atoms with E-state index in [2.05, 4.69) is 12.2 Å². The molecule has 0 radical (unpaired) electrons. The van der Waals surface area contributed by atoms with Crippen LogP contribution in [0.1, 0.15) is 31.2 Å². The minimum Gasteiger partial charge on any atom is -0.495 e. The van der Waals surface area contributed by atoms with E-state index in [1.165, 1.54) is 0 Å². The van der Waals surface area contributed by atoms with E-state index in [1.807, 2.05) is 28.0 Å². The smallest absolute Gasteiger partial charge is 0.320 e. The van der Waals surface area contributed by atoms with Crippen LogP contribution in [0.4, 0.5) is 4.79 Å². The number of piperidine rings is 1. The number of fused-ring (bicyclic) bond motifs is 1. The van der Waals surface area contributed by atoms with Crippen molar-refractivity contribution >= 4 is 29.3 Å². The van der Waals surface area contributed by atoms with E-state index in [4.69, 9.17) is 26.2 Å². The van der Waals surface area contributed by atoms with Gasteiger partial charge >= 0.3 is 6.03 Å². The second-order valence-electron chi connectivity index (χ2n) is 9.27. The third-order valence-corrected chi connectivity index (χ3v) is 7.65. The fraction of sp³-hybridized carbons (Fsp3) is 0.560. The van der Waals surface area contributed by atoms with Gasteiger partial charge in [-0.1, -0.05) is 23.8 Å². The Morgan fingerprint density at radius 2 is 1.74 bits per heavy atom. The van der Waals surface area contributed by atoms with Crippen LogP contribution in [0, 0.1) is 11.8 Å². The molecule has 3 aliphatic heterocycles. The number of carbonyl (C=O) groups excluding carboxylic acids is 2. The zero-order valence-electron chi connectivity index (χ0n) is 19.5. The second-order valence-corrected chi connectivity index (χ2v) is 9.68. The Hall–Kier alpha value is -2.58. The Kier molecular flexibility index (Phi) is 6.79. The number of likely N-dealkylation sites (tertiary alicyclic amines) is 1. The molecule has 2 saturated heterocycles. The number of urea groups is 1. The normalized spacial score (nSPS) is 25.8. The van der Waals surface area contributed by atoms with Gasteiger partial charge in [0, 0.05) is 32.1 Å². The average molecular weight is 487 g/mol. The topological polar surface area (TPSA) is 74.7 Å². The van der Waals surface area contributed by atoms with Crippen LogP contribution in [0.15, 0.2) is 35.5 Å². The lowest BCUT2D eigenvalue weighted by molar-refractivity contribution is -0.141. The summed E-state index contributed by atoms with van der Waals surface area (Å²) in [6.07, 6.45) is 7.19. The van der Waals surface area contributed by atoms with Gasteiger partial charge in [-0.2, -0.15) is 5.10 Å². The monoisotopic (exact) mass is 486 g/mol. The fourth-order valence-corrected chi connectivity index (χ4v) is 5.67. The largest absolute Gasteiger partial charge is 0.495 e. The first-order chi connectivity index (χ1) is 16.6. The molecule has 0 spiro atoms. The molecule has 9 heteroatoms. The van der Waals surface area contributed by atoms with Crippen LogP contribution in [0.2, 0.25) is 5.02 Å². The summed E-state index contributed by atoms with van der Waals surface area (Å²) in [6, 6.07) is 5.76. The van der Waals surface area contributed by atoms with E-state index in [0.717, 1.165) is 37.0 Å². The first kappa shape index (κ1) is 23.2. The highest BCUT2D eigenvalue weighted by molar-refractivity contribution is 6.32. The molecule has 5 rings (SSSR count). The van der Waals surface area contributed by atoms with Gasteiger partial charge in [-0.3, -0.25) is 4.79 Å². The molecule has 0 unspecified atom stereocenters. The van der Waals surface area contributed by atoms with E-state index in [1.54, 1.807) is 12.1 Å². The lowest BCUT2D eigenvalue weighted by Gasteiger charge is -2.43. The number of ether oxygens (including phenoxy) is 2. The van der Waals surface area contributed by atoms with Crippen molar-refractivity contribution in [1.82, 2.24) is 14.8 Å². The molecular formula is C25H31ClN4O4. The van der Waals surface area contributed by atoms with Crippen LogP contribution in [-0.2, 0) is 9.53 Å². The zero-order valence-corrected chi connectivity index (χ0v) is 20.2. The summed E-state index contributed by atoms with van der Waals surface area (Å²) in [5.41, 5.74) is 1.83. The number of hydrogen-bond acceptors (Lipinski definition) is 5. The van der Waals surface area contributed by atoms with Crippen molar-refractivity contribution in [2.45, 2.75) is 31.7 Å². The highest BCUT2D eigenvalue weighted by atomic mass is 35.5. The van der Waals surface area contributed by atoms with Crippen LogP contribution >= 0.6 is 11.6 Å². The highest BCUT2D eigenvalue weighted by Crippen LogP contribution is 2.38. The minimum atomic E-state index is -0.119. The van der Waals surface area contributed by atoms with Gasteiger partial charge in [-0.05, 0) is 49.4 Å². The van der Waals surface area contributed by atoms with Gasteiger partial charge in [0.2, 0.25) is 5.91 Å². The van der Waals surface area contributed by atoms with Gasteiger partial charge in [0.05, 0.1) is 43.0 Å². The third-order valence-electron chi connectivity index (χ3n) is 7.35. The number of amides is 3. The first-order valence-electron chi connectivity index (χ1n) is 12.1. The number of nitrogens with zero attached hydrogens (tertiary/aromatic N) is 4. The number of methoxy groups -OCH3 is 1. The number of rotatable bonds is 3. The molecule has 1 aliphatic carbocycles. The number of carbonyl (C=O) groups is 2. The summed E-state index contributed by atoms with van der Waals surface area (Å²) in [4.78, 5) is 30.1. The van der Waals surface area contributed by atoms with Crippen LogP contribution in [-0.4, -0.2) is 85.0 Å². The van der Waals surface area contributed by atoms with Crippen molar-refractivity contribution < 1.29 is 19.1 Å². The summed E-state index contributed by atoms with van der Waals surface area (Å²) >= 11 is 6.42. The number of morpholine rings is 1. The third kappa shape index (κ3) is 4.41. The lowest BCUT2D eigenvalue weighted by atomic mass is 9.76.